The highest BCUT2D eigenvalue weighted by Crippen LogP contribution is 2.47. The molecule has 4 nitrogen and oxygen atoms in total. The van der Waals surface area contributed by atoms with Crippen molar-refractivity contribution in [2.24, 2.45) is 11.0 Å². The third-order valence-corrected chi connectivity index (χ3v) is 4.22. The van der Waals surface area contributed by atoms with E-state index >= 15 is 0 Å². The third kappa shape index (κ3) is 3.36. The summed E-state index contributed by atoms with van der Waals surface area (Å²) < 4.78 is 0.837. The summed E-state index contributed by atoms with van der Waals surface area (Å²) >= 11 is 3.32. The lowest BCUT2D eigenvalue weighted by molar-refractivity contribution is -0.122. The van der Waals surface area contributed by atoms with E-state index < -0.39 is 0 Å². The minimum atomic E-state index is -0.0837. The van der Waals surface area contributed by atoms with Crippen LogP contribution in [0.3, 0.4) is 0 Å². The maximum Gasteiger partial charge on any atom is 0.243 e. The van der Waals surface area contributed by atoms with Crippen molar-refractivity contribution in [1.29, 1.82) is 0 Å². The van der Waals surface area contributed by atoms with Gasteiger partial charge in [-0.25, -0.2) is 5.43 Å². The van der Waals surface area contributed by atoms with Crippen molar-refractivity contribution in [1.82, 2.24) is 5.43 Å². The van der Waals surface area contributed by atoms with Crippen LogP contribution in [0.25, 0.3) is 0 Å². The molecule has 22 heavy (non-hydrogen) atoms. The second-order valence-corrected chi connectivity index (χ2v) is 6.21. The van der Waals surface area contributed by atoms with Crippen LogP contribution in [0.1, 0.15) is 23.5 Å². The molecule has 2 N–H and O–H groups in total. The van der Waals surface area contributed by atoms with Gasteiger partial charge in [-0.1, -0.05) is 46.3 Å². The van der Waals surface area contributed by atoms with Gasteiger partial charge in [0.2, 0.25) is 5.91 Å². The van der Waals surface area contributed by atoms with Gasteiger partial charge in [-0.15, -0.1) is 0 Å². The van der Waals surface area contributed by atoms with E-state index in [1.54, 1.807) is 18.2 Å². The van der Waals surface area contributed by atoms with Gasteiger partial charge < -0.3 is 5.11 Å². The van der Waals surface area contributed by atoms with E-state index in [0.29, 0.717) is 5.56 Å². The Morgan fingerprint density at radius 3 is 2.82 bits per heavy atom. The van der Waals surface area contributed by atoms with Gasteiger partial charge in [0, 0.05) is 16.0 Å². The Morgan fingerprint density at radius 2 is 2.05 bits per heavy atom. The summed E-state index contributed by atoms with van der Waals surface area (Å²) in [5.74, 6) is 0.306. The molecule has 1 aliphatic carbocycles. The average Bonchev–Trinajstić information content (AvgIpc) is 3.32. The molecule has 2 aromatic carbocycles. The number of halogens is 1. The Bertz CT molecular complexity index is 716. The predicted octanol–water partition coefficient (Wildman–Crippen LogP) is 3.41. The lowest BCUT2D eigenvalue weighted by Gasteiger charge is -2.01. The van der Waals surface area contributed by atoms with E-state index in [2.05, 4.69) is 26.5 Å². The highest BCUT2D eigenvalue weighted by Gasteiger charge is 2.43. The molecule has 3 rings (SSSR count). The van der Waals surface area contributed by atoms with E-state index in [1.165, 1.54) is 11.8 Å². The van der Waals surface area contributed by atoms with Crippen molar-refractivity contribution in [3.63, 3.8) is 0 Å². The number of nitrogens with one attached hydrogen (secondary N) is 1. The minimum Gasteiger partial charge on any atom is -0.507 e. The molecule has 5 heteroatoms. The number of phenols is 1. The number of amides is 1. The van der Waals surface area contributed by atoms with E-state index in [4.69, 9.17) is 0 Å². The van der Waals surface area contributed by atoms with Crippen molar-refractivity contribution >= 4 is 28.1 Å². The highest BCUT2D eigenvalue weighted by molar-refractivity contribution is 9.10. The largest absolute Gasteiger partial charge is 0.507 e. The average molecular weight is 359 g/mol. The zero-order valence-electron chi connectivity index (χ0n) is 11.7. The second-order valence-electron chi connectivity index (χ2n) is 5.30. The molecule has 2 aromatic rings. The van der Waals surface area contributed by atoms with Gasteiger partial charge in [0.15, 0.2) is 0 Å². The molecule has 0 aliphatic heterocycles. The number of carbonyl (C=O) groups excluding carboxylic acids is 1. The maximum atomic E-state index is 12.0. The van der Waals surface area contributed by atoms with Crippen LogP contribution in [-0.2, 0) is 4.79 Å². The zero-order chi connectivity index (χ0) is 15.5. The highest BCUT2D eigenvalue weighted by atomic mass is 79.9. The van der Waals surface area contributed by atoms with E-state index in [0.717, 1.165) is 10.9 Å². The number of hydrogen-bond donors (Lipinski definition) is 2. The van der Waals surface area contributed by atoms with Crippen LogP contribution in [0.15, 0.2) is 58.1 Å². The summed E-state index contributed by atoms with van der Waals surface area (Å²) in [6, 6.07) is 15.1. The molecular formula is C17H15BrN2O2. The monoisotopic (exact) mass is 358 g/mol. The van der Waals surface area contributed by atoms with Crippen LogP contribution in [0.4, 0.5) is 0 Å². The quantitative estimate of drug-likeness (QED) is 0.649. The van der Waals surface area contributed by atoms with Gasteiger partial charge in [-0.3, -0.25) is 4.79 Å². The SMILES string of the molecule is O=C(NN=Cc1cc(Br)ccc1O)[C@H]1C[C@@H]1c1ccccc1. The van der Waals surface area contributed by atoms with Crippen LogP contribution >= 0.6 is 15.9 Å². The Hall–Kier alpha value is -2.14. The van der Waals surface area contributed by atoms with Crippen LogP contribution in [0.2, 0.25) is 0 Å². The first-order valence-corrected chi connectivity index (χ1v) is 7.81. The molecule has 0 aromatic heterocycles. The topological polar surface area (TPSA) is 61.7 Å². The Morgan fingerprint density at radius 1 is 1.27 bits per heavy atom. The summed E-state index contributed by atoms with van der Waals surface area (Å²) in [4.78, 5) is 12.0. The first-order chi connectivity index (χ1) is 10.6. The van der Waals surface area contributed by atoms with E-state index in [1.807, 2.05) is 30.3 Å². The molecule has 0 radical (unpaired) electrons. The molecule has 0 bridgehead atoms. The van der Waals surface area contributed by atoms with Crippen molar-refractivity contribution < 1.29 is 9.90 Å². The summed E-state index contributed by atoms with van der Waals surface area (Å²) in [6.45, 7) is 0. The number of hydrogen-bond acceptors (Lipinski definition) is 3. The Labute approximate surface area is 137 Å². The normalized spacial score (nSPS) is 20.0. The van der Waals surface area contributed by atoms with Crippen molar-refractivity contribution in [3.8, 4) is 5.75 Å². The van der Waals surface area contributed by atoms with E-state index in [9.17, 15) is 9.90 Å². The number of rotatable bonds is 4. The van der Waals surface area contributed by atoms with Crippen LogP contribution in [-0.4, -0.2) is 17.2 Å². The molecule has 0 saturated heterocycles. The fraction of sp³-hybridized carbons (Fsp3) is 0.176. The summed E-state index contributed by atoms with van der Waals surface area (Å²) in [6.07, 6.45) is 2.30. The van der Waals surface area contributed by atoms with Crippen molar-refractivity contribution in [2.45, 2.75) is 12.3 Å². The predicted molar refractivity (Wildman–Crippen MR) is 88.8 cm³/mol. The molecule has 1 aliphatic rings. The number of phenolic OH excluding ortho intramolecular Hbond substituents is 1. The molecule has 2 atom stereocenters. The van der Waals surface area contributed by atoms with Gasteiger partial charge in [0.1, 0.15) is 5.75 Å². The van der Waals surface area contributed by atoms with Gasteiger partial charge in [0.25, 0.3) is 0 Å². The molecular weight excluding hydrogens is 344 g/mol. The fourth-order valence-corrected chi connectivity index (χ4v) is 2.81. The van der Waals surface area contributed by atoms with E-state index in [-0.39, 0.29) is 23.5 Å². The van der Waals surface area contributed by atoms with Crippen LogP contribution in [0, 0.1) is 5.92 Å². The van der Waals surface area contributed by atoms with Crippen LogP contribution < -0.4 is 5.43 Å². The van der Waals surface area contributed by atoms with Crippen molar-refractivity contribution in [3.05, 3.63) is 64.1 Å². The molecule has 0 spiro atoms. The Kier molecular flexibility index (Phi) is 4.24. The number of hydrazone groups is 1. The fourth-order valence-electron chi connectivity index (χ4n) is 2.43. The first-order valence-electron chi connectivity index (χ1n) is 7.01. The van der Waals surface area contributed by atoms with Gasteiger partial charge in [0.05, 0.1) is 6.21 Å². The smallest absolute Gasteiger partial charge is 0.243 e. The molecule has 112 valence electrons. The molecule has 0 heterocycles. The molecule has 1 amide bonds. The standard InChI is InChI=1S/C17H15BrN2O2/c18-13-6-7-16(21)12(8-13)10-19-20-17(22)15-9-14(15)11-4-2-1-3-5-11/h1-8,10,14-15,21H,9H2,(H,20,22)/t14-,15+/m1/s1. The number of aromatic hydroxyl groups is 1. The number of nitrogens with zero attached hydrogens (tertiary/aromatic N) is 1. The number of benzene rings is 2. The molecule has 1 saturated carbocycles. The van der Waals surface area contributed by atoms with Crippen molar-refractivity contribution in [2.75, 3.05) is 0 Å². The lowest BCUT2D eigenvalue weighted by atomic mass is 10.1. The zero-order valence-corrected chi connectivity index (χ0v) is 13.3. The lowest BCUT2D eigenvalue weighted by Crippen LogP contribution is -2.20. The minimum absolute atomic E-state index is 0.0179. The summed E-state index contributed by atoms with van der Waals surface area (Å²) in [5, 5.41) is 13.6. The van der Waals surface area contributed by atoms with Gasteiger partial charge in [-0.2, -0.15) is 5.10 Å². The Balaban J connectivity index is 1.57. The summed E-state index contributed by atoms with van der Waals surface area (Å²) in [5.41, 5.74) is 4.28. The molecule has 0 unspecified atom stereocenters. The molecule has 1 fully saturated rings. The maximum absolute atomic E-state index is 12.0. The third-order valence-electron chi connectivity index (χ3n) is 3.72. The number of carbonyl (C=O) groups is 1. The summed E-state index contributed by atoms with van der Waals surface area (Å²) in [7, 11) is 0. The van der Waals surface area contributed by atoms with Crippen LogP contribution in [0.5, 0.6) is 5.75 Å². The van der Waals surface area contributed by atoms with Gasteiger partial charge >= 0.3 is 0 Å². The second kappa shape index (κ2) is 6.32. The first kappa shape index (κ1) is 14.8. The van der Waals surface area contributed by atoms with Gasteiger partial charge in [-0.05, 0) is 36.1 Å².